The summed E-state index contributed by atoms with van der Waals surface area (Å²) in [5, 5.41) is 7.81. The zero-order chi connectivity index (χ0) is 9.80. The Morgan fingerprint density at radius 2 is 1.93 bits per heavy atom. The minimum Gasteiger partial charge on any atom is -0.397 e. The quantitative estimate of drug-likeness (QED) is 0.774. The Bertz CT molecular complexity index is 412. The predicted octanol–water partition coefficient (Wildman–Crippen LogP) is 1.65. The molecule has 1 aromatic heterocycles. The van der Waals surface area contributed by atoms with Crippen LogP contribution in [0.3, 0.4) is 0 Å². The molecule has 0 aliphatic carbocycles. The third-order valence-electron chi connectivity index (χ3n) is 1.95. The number of aromatic nitrogens is 2. The van der Waals surface area contributed by atoms with Gasteiger partial charge in [-0.2, -0.15) is 10.2 Å². The number of hydrogen-bond donors (Lipinski definition) is 1. The maximum atomic E-state index is 5.61. The second kappa shape index (κ2) is 3.87. The molecule has 0 aliphatic rings. The van der Waals surface area contributed by atoms with E-state index in [0.717, 1.165) is 12.1 Å². The van der Waals surface area contributed by atoms with Crippen molar-refractivity contribution in [3.8, 4) is 0 Å². The molecule has 0 bridgehead atoms. The Morgan fingerprint density at radius 1 is 1.14 bits per heavy atom. The first-order valence-electron chi connectivity index (χ1n) is 4.45. The van der Waals surface area contributed by atoms with Gasteiger partial charge in [0.15, 0.2) is 0 Å². The average Bonchev–Trinajstić information content (AvgIpc) is 2.19. The maximum Gasteiger partial charge on any atom is 0.0726 e. The maximum absolute atomic E-state index is 5.61. The van der Waals surface area contributed by atoms with Crippen molar-refractivity contribution >= 4 is 5.69 Å². The Kier molecular flexibility index (Phi) is 2.40. The molecule has 2 N–H and O–H groups in total. The molecule has 0 amide bonds. The van der Waals surface area contributed by atoms with Crippen LogP contribution in [0.4, 0.5) is 5.69 Å². The fourth-order valence-electron chi connectivity index (χ4n) is 1.32. The van der Waals surface area contributed by atoms with Crippen LogP contribution < -0.4 is 5.73 Å². The third kappa shape index (κ3) is 2.07. The largest absolute Gasteiger partial charge is 0.397 e. The smallest absolute Gasteiger partial charge is 0.0726 e. The number of anilines is 1. The average molecular weight is 185 g/mol. The van der Waals surface area contributed by atoms with Crippen LogP contribution in [0.15, 0.2) is 42.6 Å². The van der Waals surface area contributed by atoms with Gasteiger partial charge in [0.25, 0.3) is 0 Å². The van der Waals surface area contributed by atoms with Crippen LogP contribution in [-0.4, -0.2) is 10.2 Å². The molecule has 1 heterocycles. The molecule has 0 unspecified atom stereocenters. The van der Waals surface area contributed by atoms with Gasteiger partial charge in [0.05, 0.1) is 17.6 Å². The van der Waals surface area contributed by atoms with Crippen molar-refractivity contribution in [3.05, 3.63) is 53.9 Å². The van der Waals surface area contributed by atoms with E-state index in [0.29, 0.717) is 5.69 Å². The minimum absolute atomic E-state index is 0.658. The van der Waals surface area contributed by atoms with Crippen molar-refractivity contribution in [1.82, 2.24) is 10.2 Å². The topological polar surface area (TPSA) is 51.8 Å². The molecular formula is C11H11N3. The standard InChI is InChI=1S/C11H11N3/c12-10-7-11(14-13-8-10)6-9-4-2-1-3-5-9/h1-5,7-8H,6H2,(H2,12,14). The highest BCUT2D eigenvalue weighted by atomic mass is 15.1. The minimum atomic E-state index is 0.658. The van der Waals surface area contributed by atoms with Crippen LogP contribution >= 0.6 is 0 Å². The Morgan fingerprint density at radius 3 is 2.64 bits per heavy atom. The van der Waals surface area contributed by atoms with E-state index in [1.165, 1.54) is 5.56 Å². The van der Waals surface area contributed by atoms with E-state index < -0.39 is 0 Å². The summed E-state index contributed by atoms with van der Waals surface area (Å²) in [6.45, 7) is 0. The summed E-state index contributed by atoms with van der Waals surface area (Å²) >= 11 is 0. The summed E-state index contributed by atoms with van der Waals surface area (Å²) in [6.07, 6.45) is 2.33. The van der Waals surface area contributed by atoms with Gasteiger partial charge in [0, 0.05) is 6.42 Å². The fraction of sp³-hybridized carbons (Fsp3) is 0.0909. The summed E-state index contributed by atoms with van der Waals surface area (Å²) < 4.78 is 0. The van der Waals surface area contributed by atoms with Crippen LogP contribution in [0.1, 0.15) is 11.3 Å². The molecule has 70 valence electrons. The van der Waals surface area contributed by atoms with E-state index in [-0.39, 0.29) is 0 Å². The molecule has 0 saturated carbocycles. The van der Waals surface area contributed by atoms with Gasteiger partial charge in [0.2, 0.25) is 0 Å². The summed E-state index contributed by atoms with van der Waals surface area (Å²) in [5.74, 6) is 0. The lowest BCUT2D eigenvalue weighted by Gasteiger charge is -2.00. The summed E-state index contributed by atoms with van der Waals surface area (Å²) in [6, 6.07) is 12.0. The van der Waals surface area contributed by atoms with E-state index in [1.807, 2.05) is 24.3 Å². The molecule has 1 aromatic carbocycles. The first-order valence-corrected chi connectivity index (χ1v) is 4.45. The monoisotopic (exact) mass is 185 g/mol. The highest BCUT2D eigenvalue weighted by Crippen LogP contribution is 2.08. The zero-order valence-corrected chi connectivity index (χ0v) is 7.72. The zero-order valence-electron chi connectivity index (χ0n) is 7.72. The molecular weight excluding hydrogens is 174 g/mol. The molecule has 14 heavy (non-hydrogen) atoms. The summed E-state index contributed by atoms with van der Waals surface area (Å²) in [7, 11) is 0. The lowest BCUT2D eigenvalue weighted by Crippen LogP contribution is -1.96. The van der Waals surface area contributed by atoms with Crippen molar-refractivity contribution in [1.29, 1.82) is 0 Å². The SMILES string of the molecule is Nc1cnnc(Cc2ccccc2)c1. The number of nitrogens with two attached hydrogens (primary N) is 1. The predicted molar refractivity (Wildman–Crippen MR) is 55.7 cm³/mol. The lowest BCUT2D eigenvalue weighted by atomic mass is 10.1. The van der Waals surface area contributed by atoms with E-state index in [2.05, 4.69) is 22.3 Å². The Hall–Kier alpha value is -1.90. The molecule has 0 fully saturated rings. The first-order chi connectivity index (χ1) is 6.84. The molecule has 3 nitrogen and oxygen atoms in total. The fourth-order valence-corrected chi connectivity index (χ4v) is 1.32. The van der Waals surface area contributed by atoms with Crippen molar-refractivity contribution in [2.75, 3.05) is 5.73 Å². The van der Waals surface area contributed by atoms with Crippen molar-refractivity contribution < 1.29 is 0 Å². The van der Waals surface area contributed by atoms with Crippen LogP contribution in [0, 0.1) is 0 Å². The molecule has 2 rings (SSSR count). The van der Waals surface area contributed by atoms with Gasteiger partial charge in [-0.15, -0.1) is 0 Å². The molecule has 0 atom stereocenters. The van der Waals surface area contributed by atoms with E-state index in [9.17, 15) is 0 Å². The molecule has 0 saturated heterocycles. The van der Waals surface area contributed by atoms with Crippen LogP contribution in [0.25, 0.3) is 0 Å². The van der Waals surface area contributed by atoms with Crippen LogP contribution in [0.2, 0.25) is 0 Å². The number of rotatable bonds is 2. The Labute approximate surface area is 82.6 Å². The van der Waals surface area contributed by atoms with Gasteiger partial charge in [-0.05, 0) is 11.6 Å². The lowest BCUT2D eigenvalue weighted by molar-refractivity contribution is 0.940. The van der Waals surface area contributed by atoms with Gasteiger partial charge in [-0.1, -0.05) is 30.3 Å². The van der Waals surface area contributed by atoms with E-state index in [1.54, 1.807) is 6.20 Å². The first kappa shape index (κ1) is 8.69. The Balaban J connectivity index is 2.19. The number of nitrogen functional groups attached to an aromatic ring is 1. The van der Waals surface area contributed by atoms with Gasteiger partial charge in [-0.3, -0.25) is 0 Å². The number of nitrogens with zero attached hydrogens (tertiary/aromatic N) is 2. The van der Waals surface area contributed by atoms with Gasteiger partial charge in [0.1, 0.15) is 0 Å². The van der Waals surface area contributed by atoms with Gasteiger partial charge < -0.3 is 5.73 Å². The molecule has 0 radical (unpaired) electrons. The highest BCUT2D eigenvalue weighted by Gasteiger charge is 1.97. The van der Waals surface area contributed by atoms with Crippen LogP contribution in [0.5, 0.6) is 0 Å². The van der Waals surface area contributed by atoms with E-state index in [4.69, 9.17) is 5.73 Å². The van der Waals surface area contributed by atoms with Crippen molar-refractivity contribution in [2.45, 2.75) is 6.42 Å². The highest BCUT2D eigenvalue weighted by molar-refractivity contribution is 5.36. The second-order valence-corrected chi connectivity index (χ2v) is 3.14. The van der Waals surface area contributed by atoms with Crippen molar-refractivity contribution in [3.63, 3.8) is 0 Å². The molecule has 0 aliphatic heterocycles. The second-order valence-electron chi connectivity index (χ2n) is 3.14. The third-order valence-corrected chi connectivity index (χ3v) is 1.95. The van der Waals surface area contributed by atoms with Crippen LogP contribution in [-0.2, 0) is 6.42 Å². The molecule has 2 aromatic rings. The molecule has 0 spiro atoms. The van der Waals surface area contributed by atoms with Crippen molar-refractivity contribution in [2.24, 2.45) is 0 Å². The number of benzene rings is 1. The molecule has 3 heteroatoms. The normalized spacial score (nSPS) is 10.0. The van der Waals surface area contributed by atoms with E-state index >= 15 is 0 Å². The summed E-state index contributed by atoms with van der Waals surface area (Å²) in [5.41, 5.74) is 8.38. The number of hydrogen-bond acceptors (Lipinski definition) is 3. The van der Waals surface area contributed by atoms with Gasteiger partial charge in [-0.25, -0.2) is 0 Å². The van der Waals surface area contributed by atoms with Gasteiger partial charge >= 0.3 is 0 Å². The summed E-state index contributed by atoms with van der Waals surface area (Å²) in [4.78, 5) is 0.